The molecule has 37 heavy (non-hydrogen) atoms. The van der Waals surface area contributed by atoms with E-state index in [2.05, 4.69) is 5.32 Å². The smallest absolute Gasteiger partial charge is 0.267 e. The second kappa shape index (κ2) is 11.4. The second-order valence-electron chi connectivity index (χ2n) is 8.89. The summed E-state index contributed by atoms with van der Waals surface area (Å²) in [6, 6.07) is 15.0. The lowest BCUT2D eigenvalue weighted by Gasteiger charge is -2.13. The Morgan fingerprint density at radius 1 is 1.05 bits per heavy atom. The molecule has 0 bridgehead atoms. The van der Waals surface area contributed by atoms with Crippen LogP contribution in [0.3, 0.4) is 0 Å². The van der Waals surface area contributed by atoms with Crippen molar-refractivity contribution >= 4 is 39.2 Å². The molecule has 0 saturated heterocycles. The number of thiophene rings is 1. The molecule has 192 valence electrons. The van der Waals surface area contributed by atoms with Crippen LogP contribution in [0, 0.1) is 0 Å². The zero-order valence-corrected chi connectivity index (χ0v) is 22.5. The van der Waals surface area contributed by atoms with Crippen molar-refractivity contribution in [1.29, 1.82) is 0 Å². The van der Waals surface area contributed by atoms with Crippen LogP contribution in [0.1, 0.15) is 35.3 Å². The van der Waals surface area contributed by atoms with Crippen molar-refractivity contribution in [2.75, 3.05) is 20.0 Å². The third kappa shape index (κ3) is 5.52. The SMILES string of the molecule is COc1ccc(CNC(=O)CSc2nc3sc4c(c3c(=O)n2-c2cccc(OC)c2)CCCCC4)cc1. The maximum atomic E-state index is 14.0. The van der Waals surface area contributed by atoms with Gasteiger partial charge in [-0.1, -0.05) is 36.4 Å². The normalized spacial score (nSPS) is 13.1. The number of benzene rings is 2. The molecule has 7 nitrogen and oxygen atoms in total. The van der Waals surface area contributed by atoms with Gasteiger partial charge in [0.2, 0.25) is 5.91 Å². The molecule has 0 radical (unpaired) electrons. The molecule has 0 unspecified atom stereocenters. The number of hydrogen-bond acceptors (Lipinski definition) is 7. The molecule has 1 amide bonds. The Morgan fingerprint density at radius 2 is 1.84 bits per heavy atom. The fourth-order valence-electron chi connectivity index (χ4n) is 4.56. The number of ether oxygens (including phenoxy) is 2. The summed E-state index contributed by atoms with van der Waals surface area (Å²) in [5.41, 5.74) is 2.72. The average molecular weight is 536 g/mol. The van der Waals surface area contributed by atoms with E-state index in [-0.39, 0.29) is 17.2 Å². The van der Waals surface area contributed by atoms with Crippen LogP contribution in [0.5, 0.6) is 11.5 Å². The molecule has 0 atom stereocenters. The van der Waals surface area contributed by atoms with E-state index in [0.717, 1.165) is 52.8 Å². The largest absolute Gasteiger partial charge is 0.497 e. The number of methoxy groups -OCH3 is 2. The highest BCUT2D eigenvalue weighted by Crippen LogP contribution is 2.35. The van der Waals surface area contributed by atoms with E-state index in [0.29, 0.717) is 23.1 Å². The van der Waals surface area contributed by atoms with E-state index in [1.165, 1.54) is 23.1 Å². The van der Waals surface area contributed by atoms with Gasteiger partial charge in [-0.15, -0.1) is 11.3 Å². The van der Waals surface area contributed by atoms with E-state index in [9.17, 15) is 9.59 Å². The Morgan fingerprint density at radius 3 is 2.62 bits per heavy atom. The van der Waals surface area contributed by atoms with Gasteiger partial charge in [0, 0.05) is 17.5 Å². The van der Waals surface area contributed by atoms with Gasteiger partial charge in [0.25, 0.3) is 5.56 Å². The first kappa shape index (κ1) is 25.4. The predicted octanol–water partition coefficient (Wildman–Crippen LogP) is 5.14. The van der Waals surface area contributed by atoms with Gasteiger partial charge in [-0.05, 0) is 61.1 Å². The number of carbonyl (C=O) groups excluding carboxylic acids is 1. The molecule has 1 aliphatic rings. The number of nitrogens with one attached hydrogen (secondary N) is 1. The third-order valence-electron chi connectivity index (χ3n) is 6.50. The van der Waals surface area contributed by atoms with Gasteiger partial charge in [0.05, 0.1) is 31.0 Å². The molecule has 2 aromatic heterocycles. The van der Waals surface area contributed by atoms with E-state index in [4.69, 9.17) is 14.5 Å². The molecule has 0 aliphatic heterocycles. The lowest BCUT2D eigenvalue weighted by molar-refractivity contribution is -0.118. The first-order chi connectivity index (χ1) is 18.1. The maximum Gasteiger partial charge on any atom is 0.267 e. The minimum Gasteiger partial charge on any atom is -0.497 e. The molecule has 2 aromatic carbocycles. The number of rotatable bonds is 8. The number of aromatic nitrogens is 2. The fraction of sp³-hybridized carbons (Fsp3) is 0.321. The molecule has 2 heterocycles. The van der Waals surface area contributed by atoms with Gasteiger partial charge in [-0.25, -0.2) is 4.98 Å². The van der Waals surface area contributed by atoms with Crippen molar-refractivity contribution in [3.05, 3.63) is 74.9 Å². The number of aryl methyl sites for hydroxylation is 2. The van der Waals surface area contributed by atoms with Crippen LogP contribution in [-0.2, 0) is 24.2 Å². The zero-order chi connectivity index (χ0) is 25.8. The van der Waals surface area contributed by atoms with Gasteiger partial charge in [0.15, 0.2) is 5.16 Å². The quantitative estimate of drug-likeness (QED) is 0.191. The van der Waals surface area contributed by atoms with Gasteiger partial charge in [-0.3, -0.25) is 14.2 Å². The van der Waals surface area contributed by atoms with Crippen molar-refractivity contribution in [2.45, 2.75) is 43.8 Å². The van der Waals surface area contributed by atoms with Crippen LogP contribution in [-0.4, -0.2) is 35.4 Å². The summed E-state index contributed by atoms with van der Waals surface area (Å²) in [5.74, 6) is 1.44. The summed E-state index contributed by atoms with van der Waals surface area (Å²) in [6.45, 7) is 0.413. The molecular weight excluding hydrogens is 506 g/mol. The number of carbonyl (C=O) groups is 1. The van der Waals surface area contributed by atoms with Crippen LogP contribution in [0.15, 0.2) is 58.5 Å². The second-order valence-corrected chi connectivity index (χ2v) is 10.9. The van der Waals surface area contributed by atoms with Gasteiger partial charge in [-0.2, -0.15) is 0 Å². The lowest BCUT2D eigenvalue weighted by atomic mass is 10.1. The molecular formula is C28H29N3O4S2. The van der Waals surface area contributed by atoms with Crippen LogP contribution in [0.25, 0.3) is 15.9 Å². The Bertz CT molecular complexity index is 1480. The minimum atomic E-state index is -0.130. The van der Waals surface area contributed by atoms with Gasteiger partial charge >= 0.3 is 0 Å². The van der Waals surface area contributed by atoms with Gasteiger partial charge in [0.1, 0.15) is 16.3 Å². The summed E-state index contributed by atoms with van der Waals surface area (Å²) < 4.78 is 12.2. The third-order valence-corrected chi connectivity index (χ3v) is 8.63. The fourth-order valence-corrected chi connectivity index (χ4v) is 6.71. The predicted molar refractivity (Wildman–Crippen MR) is 149 cm³/mol. The van der Waals surface area contributed by atoms with Crippen molar-refractivity contribution in [3.8, 4) is 17.2 Å². The maximum absolute atomic E-state index is 14.0. The summed E-state index contributed by atoms with van der Waals surface area (Å²) in [4.78, 5) is 33.6. The summed E-state index contributed by atoms with van der Waals surface area (Å²) >= 11 is 2.89. The molecule has 1 N–H and O–H groups in total. The monoisotopic (exact) mass is 535 g/mol. The zero-order valence-electron chi connectivity index (χ0n) is 20.9. The summed E-state index contributed by atoms with van der Waals surface area (Å²) in [5, 5.41) is 4.17. The van der Waals surface area contributed by atoms with Crippen LogP contribution < -0.4 is 20.3 Å². The lowest BCUT2D eigenvalue weighted by Crippen LogP contribution is -2.26. The molecule has 9 heteroatoms. The molecule has 0 saturated carbocycles. The molecule has 0 fully saturated rings. The minimum absolute atomic E-state index is 0.0844. The Labute approximate surface area is 223 Å². The highest BCUT2D eigenvalue weighted by molar-refractivity contribution is 7.99. The Balaban J connectivity index is 1.44. The first-order valence-corrected chi connectivity index (χ1v) is 14.1. The number of thioether (sulfide) groups is 1. The van der Waals surface area contributed by atoms with Crippen molar-refractivity contribution in [2.24, 2.45) is 0 Å². The van der Waals surface area contributed by atoms with E-state index in [1.807, 2.05) is 48.5 Å². The summed E-state index contributed by atoms with van der Waals surface area (Å²) in [6.07, 6.45) is 5.30. The van der Waals surface area contributed by atoms with Crippen molar-refractivity contribution in [1.82, 2.24) is 14.9 Å². The topological polar surface area (TPSA) is 82.5 Å². The molecule has 4 aromatic rings. The van der Waals surface area contributed by atoms with Gasteiger partial charge < -0.3 is 14.8 Å². The average Bonchev–Trinajstić information content (AvgIpc) is 3.12. The van der Waals surface area contributed by atoms with Crippen LogP contribution in [0.4, 0.5) is 0 Å². The summed E-state index contributed by atoms with van der Waals surface area (Å²) in [7, 11) is 3.22. The van der Waals surface area contributed by atoms with Crippen LogP contribution in [0.2, 0.25) is 0 Å². The van der Waals surface area contributed by atoms with Crippen molar-refractivity contribution in [3.63, 3.8) is 0 Å². The molecule has 5 rings (SSSR count). The van der Waals surface area contributed by atoms with Crippen molar-refractivity contribution < 1.29 is 14.3 Å². The number of hydrogen-bond donors (Lipinski definition) is 1. The highest BCUT2D eigenvalue weighted by Gasteiger charge is 2.23. The van der Waals surface area contributed by atoms with Crippen LogP contribution >= 0.6 is 23.1 Å². The first-order valence-electron chi connectivity index (χ1n) is 12.3. The Kier molecular flexibility index (Phi) is 7.81. The number of nitrogens with zero attached hydrogens (tertiary/aromatic N) is 2. The molecule has 0 spiro atoms. The molecule has 1 aliphatic carbocycles. The van der Waals surface area contributed by atoms with E-state index in [1.54, 1.807) is 30.1 Å². The standard InChI is InChI=1S/C28H29N3O4S2/c1-34-20-13-11-18(12-14-20)16-29-24(32)17-36-28-30-26-25(22-9-4-3-5-10-23(22)37-26)27(33)31(28)19-7-6-8-21(15-19)35-2/h6-8,11-15H,3-5,9-10,16-17H2,1-2H3,(H,29,32). The highest BCUT2D eigenvalue weighted by atomic mass is 32.2. The van der Waals surface area contributed by atoms with E-state index < -0.39 is 0 Å². The number of fused-ring (bicyclic) bond motifs is 3. The Hall–Kier alpha value is -3.30. The number of amides is 1. The van der Waals surface area contributed by atoms with E-state index >= 15 is 0 Å².